The third kappa shape index (κ3) is 3.72. The number of aryl methyl sites for hydroxylation is 2. The van der Waals surface area contributed by atoms with Crippen LogP contribution in [-0.2, 0) is 17.6 Å². The highest BCUT2D eigenvalue weighted by molar-refractivity contribution is 5.97. The summed E-state index contributed by atoms with van der Waals surface area (Å²) in [5.74, 6) is 0.225. The molecule has 0 aromatic heterocycles. The summed E-state index contributed by atoms with van der Waals surface area (Å²) < 4.78 is 5.74. The Kier molecular flexibility index (Phi) is 4.71. The van der Waals surface area contributed by atoms with Crippen LogP contribution < -0.4 is 0 Å². The highest BCUT2D eigenvalue weighted by atomic mass is 16.5. The van der Waals surface area contributed by atoms with Crippen molar-refractivity contribution >= 4 is 5.78 Å². The first kappa shape index (κ1) is 14.7. The highest BCUT2D eigenvalue weighted by Crippen LogP contribution is 2.23. The van der Waals surface area contributed by atoms with Crippen LogP contribution in [-0.4, -0.2) is 43.5 Å². The van der Waals surface area contributed by atoms with Crippen molar-refractivity contribution in [3.8, 4) is 0 Å². The lowest BCUT2D eigenvalue weighted by Crippen LogP contribution is -2.36. The van der Waals surface area contributed by atoms with E-state index in [9.17, 15) is 4.79 Å². The lowest BCUT2D eigenvalue weighted by molar-refractivity contribution is -0.000669. The first-order chi connectivity index (χ1) is 10.2. The van der Waals surface area contributed by atoms with E-state index in [1.807, 2.05) is 13.1 Å². The largest absolute Gasteiger partial charge is 0.377 e. The maximum Gasteiger partial charge on any atom is 0.176 e. The van der Waals surface area contributed by atoms with Crippen LogP contribution in [0.2, 0.25) is 0 Å². The van der Waals surface area contributed by atoms with Crippen LogP contribution in [0.5, 0.6) is 0 Å². The van der Waals surface area contributed by atoms with Crippen LogP contribution in [0, 0.1) is 0 Å². The van der Waals surface area contributed by atoms with E-state index < -0.39 is 0 Å². The second-order valence-electron chi connectivity index (χ2n) is 6.45. The van der Waals surface area contributed by atoms with Crippen molar-refractivity contribution in [2.45, 2.75) is 44.6 Å². The van der Waals surface area contributed by atoms with Crippen molar-refractivity contribution in [2.75, 3.05) is 26.7 Å². The zero-order valence-corrected chi connectivity index (χ0v) is 12.9. The van der Waals surface area contributed by atoms with Gasteiger partial charge in [-0.1, -0.05) is 12.1 Å². The van der Waals surface area contributed by atoms with E-state index in [4.69, 9.17) is 4.74 Å². The lowest BCUT2D eigenvalue weighted by Gasteiger charge is -2.27. The Labute approximate surface area is 127 Å². The Morgan fingerprint density at radius 3 is 2.90 bits per heavy atom. The number of Topliss-reactive ketones (excluding diaryl/α,β-unsaturated/α-hetero) is 1. The van der Waals surface area contributed by atoms with Gasteiger partial charge in [-0.05, 0) is 62.8 Å². The van der Waals surface area contributed by atoms with E-state index in [0.29, 0.717) is 12.6 Å². The van der Waals surface area contributed by atoms with Gasteiger partial charge in [-0.2, -0.15) is 0 Å². The molecule has 1 unspecified atom stereocenters. The van der Waals surface area contributed by atoms with Crippen molar-refractivity contribution in [3.05, 3.63) is 34.9 Å². The average molecular weight is 287 g/mol. The SMILES string of the molecule is CN(CC(=O)c1ccc2c(c1)CCC2)CC1CCCCO1. The number of rotatable bonds is 5. The first-order valence-electron chi connectivity index (χ1n) is 8.17. The molecule has 0 N–H and O–H groups in total. The molecule has 1 fully saturated rings. The molecule has 3 nitrogen and oxygen atoms in total. The predicted octanol–water partition coefficient (Wildman–Crippen LogP) is 2.86. The van der Waals surface area contributed by atoms with Crippen molar-refractivity contribution in [3.63, 3.8) is 0 Å². The fourth-order valence-corrected chi connectivity index (χ4v) is 3.45. The van der Waals surface area contributed by atoms with Gasteiger partial charge >= 0.3 is 0 Å². The van der Waals surface area contributed by atoms with Gasteiger partial charge < -0.3 is 4.74 Å². The number of fused-ring (bicyclic) bond motifs is 1. The fraction of sp³-hybridized carbons (Fsp3) is 0.611. The minimum atomic E-state index is 0.225. The molecule has 1 aliphatic carbocycles. The van der Waals surface area contributed by atoms with E-state index in [2.05, 4.69) is 17.0 Å². The molecule has 1 aromatic rings. The monoisotopic (exact) mass is 287 g/mol. The summed E-state index contributed by atoms with van der Waals surface area (Å²) in [6.45, 7) is 2.21. The van der Waals surface area contributed by atoms with E-state index in [-0.39, 0.29) is 5.78 Å². The van der Waals surface area contributed by atoms with Crippen molar-refractivity contribution < 1.29 is 9.53 Å². The zero-order chi connectivity index (χ0) is 14.7. The molecule has 0 radical (unpaired) electrons. The van der Waals surface area contributed by atoms with Gasteiger partial charge in [0.05, 0.1) is 12.6 Å². The molecule has 1 heterocycles. The Hall–Kier alpha value is -1.19. The number of ketones is 1. The van der Waals surface area contributed by atoms with Crippen molar-refractivity contribution in [1.82, 2.24) is 4.90 Å². The molecule has 3 heteroatoms. The molecular weight excluding hydrogens is 262 g/mol. The maximum atomic E-state index is 12.4. The molecule has 0 amide bonds. The lowest BCUT2D eigenvalue weighted by atomic mass is 10.0. The van der Waals surface area contributed by atoms with E-state index in [1.165, 1.54) is 36.8 Å². The normalized spacial score (nSPS) is 21.5. The number of ether oxygens (including phenoxy) is 1. The van der Waals surface area contributed by atoms with Crippen LogP contribution in [0.3, 0.4) is 0 Å². The second-order valence-corrected chi connectivity index (χ2v) is 6.45. The van der Waals surface area contributed by atoms with Crippen molar-refractivity contribution in [2.24, 2.45) is 0 Å². The van der Waals surface area contributed by atoms with Crippen LogP contribution in [0.1, 0.15) is 47.2 Å². The minimum Gasteiger partial charge on any atom is -0.377 e. The molecule has 0 saturated carbocycles. The van der Waals surface area contributed by atoms with Gasteiger partial charge in [-0.15, -0.1) is 0 Å². The molecule has 1 atom stereocenters. The first-order valence-corrected chi connectivity index (χ1v) is 8.17. The average Bonchev–Trinajstić information content (AvgIpc) is 2.95. The van der Waals surface area contributed by atoms with Crippen LogP contribution >= 0.6 is 0 Å². The number of benzene rings is 1. The van der Waals surface area contributed by atoms with Gasteiger partial charge in [0.1, 0.15) is 0 Å². The molecular formula is C18H25NO2. The van der Waals surface area contributed by atoms with Gasteiger partial charge in [-0.25, -0.2) is 0 Å². The summed E-state index contributed by atoms with van der Waals surface area (Å²) in [6, 6.07) is 6.24. The van der Waals surface area contributed by atoms with E-state index in [1.54, 1.807) is 0 Å². The van der Waals surface area contributed by atoms with Crippen LogP contribution in [0.4, 0.5) is 0 Å². The summed E-state index contributed by atoms with van der Waals surface area (Å²) in [5, 5.41) is 0. The molecule has 1 aliphatic heterocycles. The highest BCUT2D eigenvalue weighted by Gasteiger charge is 2.19. The molecule has 1 aromatic carbocycles. The fourth-order valence-electron chi connectivity index (χ4n) is 3.45. The quantitative estimate of drug-likeness (QED) is 0.780. The minimum absolute atomic E-state index is 0.225. The number of nitrogens with zero attached hydrogens (tertiary/aromatic N) is 1. The van der Waals surface area contributed by atoms with Gasteiger partial charge in [0.15, 0.2) is 5.78 Å². The number of carbonyl (C=O) groups is 1. The molecule has 0 bridgehead atoms. The van der Waals surface area contributed by atoms with Gasteiger partial charge in [0.2, 0.25) is 0 Å². The van der Waals surface area contributed by atoms with Crippen LogP contribution in [0.25, 0.3) is 0 Å². The summed E-state index contributed by atoms with van der Waals surface area (Å²) in [4.78, 5) is 14.5. The Bertz CT molecular complexity index is 506. The summed E-state index contributed by atoms with van der Waals surface area (Å²) >= 11 is 0. The number of carbonyl (C=O) groups excluding carboxylic acids is 1. The summed E-state index contributed by atoms with van der Waals surface area (Å²) in [5.41, 5.74) is 3.67. The van der Waals surface area contributed by atoms with Crippen molar-refractivity contribution in [1.29, 1.82) is 0 Å². The maximum absolute atomic E-state index is 12.4. The second kappa shape index (κ2) is 6.71. The Morgan fingerprint density at radius 1 is 1.24 bits per heavy atom. The smallest absolute Gasteiger partial charge is 0.176 e. The standard InChI is InChI=1S/C18H25NO2/c1-19(12-17-7-2-3-10-21-17)13-18(20)16-9-8-14-5-4-6-15(14)11-16/h8-9,11,17H,2-7,10,12-13H2,1H3. The van der Waals surface area contributed by atoms with Gasteiger partial charge in [-0.3, -0.25) is 9.69 Å². The molecule has 3 rings (SSSR count). The summed E-state index contributed by atoms with van der Waals surface area (Å²) in [7, 11) is 2.02. The predicted molar refractivity (Wildman–Crippen MR) is 83.9 cm³/mol. The Balaban J connectivity index is 1.55. The van der Waals surface area contributed by atoms with E-state index in [0.717, 1.165) is 31.6 Å². The molecule has 0 spiro atoms. The molecule has 114 valence electrons. The summed E-state index contributed by atoms with van der Waals surface area (Å²) in [6.07, 6.45) is 7.37. The third-order valence-electron chi connectivity index (χ3n) is 4.62. The van der Waals surface area contributed by atoms with E-state index >= 15 is 0 Å². The topological polar surface area (TPSA) is 29.5 Å². The molecule has 2 aliphatic rings. The zero-order valence-electron chi connectivity index (χ0n) is 12.9. The number of hydrogen-bond donors (Lipinski definition) is 0. The number of likely N-dealkylation sites (N-methyl/N-ethyl adjacent to an activating group) is 1. The van der Waals surface area contributed by atoms with Crippen LogP contribution in [0.15, 0.2) is 18.2 Å². The van der Waals surface area contributed by atoms with Gasteiger partial charge in [0.25, 0.3) is 0 Å². The Morgan fingerprint density at radius 2 is 2.10 bits per heavy atom. The third-order valence-corrected chi connectivity index (χ3v) is 4.62. The number of hydrogen-bond acceptors (Lipinski definition) is 3. The van der Waals surface area contributed by atoms with Gasteiger partial charge in [0, 0.05) is 18.7 Å². The molecule has 1 saturated heterocycles. The molecule has 21 heavy (non-hydrogen) atoms.